The van der Waals surface area contributed by atoms with Crippen LogP contribution in [0.1, 0.15) is 12.1 Å². The molecule has 0 aliphatic carbocycles. The molecule has 15 heavy (non-hydrogen) atoms. The van der Waals surface area contributed by atoms with Crippen molar-refractivity contribution in [3.8, 4) is 0 Å². The van der Waals surface area contributed by atoms with E-state index in [-0.39, 0.29) is 18.1 Å². The van der Waals surface area contributed by atoms with Gasteiger partial charge in [0.05, 0.1) is 5.75 Å². The number of nitrogens with one attached hydrogen (secondary N) is 2. The Labute approximate surface area is 88.0 Å². The Morgan fingerprint density at radius 2 is 2.27 bits per heavy atom. The summed E-state index contributed by atoms with van der Waals surface area (Å²) in [4.78, 5) is 11.2. The third-order valence-corrected chi connectivity index (χ3v) is 2.62. The number of nitrogens with zero attached hydrogens (tertiary/aromatic N) is 1. The Kier molecular flexibility index (Phi) is 3.46. The molecule has 1 amide bonds. The summed E-state index contributed by atoms with van der Waals surface area (Å²) in [6.07, 6.45) is 1.05. The van der Waals surface area contributed by atoms with Crippen LogP contribution in [0.4, 0.5) is 5.82 Å². The molecule has 1 aromatic heterocycles. The number of hydrogen-bond donors (Lipinski definition) is 2. The molecule has 6 nitrogen and oxygen atoms in total. The number of sulfone groups is 1. The molecule has 0 aromatic carbocycles. The highest BCUT2D eigenvalue weighted by molar-refractivity contribution is 7.90. The normalized spacial score (nSPS) is 11.3. The quantitative estimate of drug-likeness (QED) is 0.768. The topological polar surface area (TPSA) is 91.9 Å². The maximum absolute atomic E-state index is 11.2. The smallest absolute Gasteiger partial charge is 0.226 e. The Balaban J connectivity index is 2.44. The minimum Gasteiger partial charge on any atom is -0.309 e. The number of anilines is 1. The molecule has 1 heterocycles. The van der Waals surface area contributed by atoms with Gasteiger partial charge in [-0.05, 0) is 6.92 Å². The fourth-order valence-corrected chi connectivity index (χ4v) is 1.52. The third kappa shape index (κ3) is 4.59. The summed E-state index contributed by atoms with van der Waals surface area (Å²) in [6, 6.07) is 1.67. The van der Waals surface area contributed by atoms with Crippen LogP contribution in [0.3, 0.4) is 0 Å². The molecule has 84 valence electrons. The van der Waals surface area contributed by atoms with Gasteiger partial charge in [0.1, 0.15) is 9.84 Å². The van der Waals surface area contributed by atoms with Gasteiger partial charge >= 0.3 is 0 Å². The maximum Gasteiger partial charge on any atom is 0.226 e. The number of rotatable bonds is 4. The molecule has 0 radical (unpaired) electrons. The third-order valence-electron chi connectivity index (χ3n) is 1.67. The number of amides is 1. The molecular formula is C8H13N3O3S. The zero-order valence-corrected chi connectivity index (χ0v) is 9.39. The fourth-order valence-electron chi connectivity index (χ4n) is 0.966. The van der Waals surface area contributed by atoms with Gasteiger partial charge in [-0.25, -0.2) is 8.42 Å². The van der Waals surface area contributed by atoms with Crippen LogP contribution in [0.2, 0.25) is 0 Å². The largest absolute Gasteiger partial charge is 0.309 e. The monoisotopic (exact) mass is 231 g/mol. The summed E-state index contributed by atoms with van der Waals surface area (Å²) in [5.41, 5.74) is 0.827. The second kappa shape index (κ2) is 4.43. The number of carbonyl (C=O) groups excluding carboxylic acids is 1. The summed E-state index contributed by atoms with van der Waals surface area (Å²) in [5, 5.41) is 8.95. The number of H-pyrrole nitrogens is 1. The summed E-state index contributed by atoms with van der Waals surface area (Å²) in [7, 11) is -3.10. The van der Waals surface area contributed by atoms with E-state index in [2.05, 4.69) is 15.5 Å². The van der Waals surface area contributed by atoms with E-state index in [0.29, 0.717) is 5.82 Å². The molecule has 0 atom stereocenters. The lowest BCUT2D eigenvalue weighted by Crippen LogP contribution is -2.16. The molecule has 0 fully saturated rings. The molecule has 0 saturated heterocycles. The minimum absolute atomic E-state index is 0.0509. The molecule has 0 unspecified atom stereocenters. The molecule has 0 aliphatic rings. The summed E-state index contributed by atoms with van der Waals surface area (Å²) >= 11 is 0. The van der Waals surface area contributed by atoms with E-state index in [0.717, 1.165) is 11.9 Å². The van der Waals surface area contributed by atoms with Crippen molar-refractivity contribution in [3.05, 3.63) is 11.8 Å². The average molecular weight is 231 g/mol. The van der Waals surface area contributed by atoms with Gasteiger partial charge in [0, 0.05) is 24.4 Å². The van der Waals surface area contributed by atoms with E-state index in [1.54, 1.807) is 13.0 Å². The SMILES string of the molecule is Cc1cc(NC(=O)CCS(C)(=O)=O)n[nH]1. The number of carbonyl (C=O) groups is 1. The predicted molar refractivity (Wildman–Crippen MR) is 56.3 cm³/mol. The van der Waals surface area contributed by atoms with Crippen molar-refractivity contribution in [2.24, 2.45) is 0 Å². The summed E-state index contributed by atoms with van der Waals surface area (Å²) in [5.74, 6) is -0.0969. The molecule has 1 aromatic rings. The maximum atomic E-state index is 11.2. The van der Waals surface area contributed by atoms with Crippen LogP contribution in [0.5, 0.6) is 0 Å². The average Bonchev–Trinajstić information content (AvgIpc) is 2.47. The lowest BCUT2D eigenvalue weighted by Gasteiger charge is -1.99. The van der Waals surface area contributed by atoms with Crippen LogP contribution < -0.4 is 5.32 Å². The van der Waals surface area contributed by atoms with Crippen LogP contribution in [0.25, 0.3) is 0 Å². The molecule has 0 bridgehead atoms. The summed E-state index contributed by atoms with van der Waals surface area (Å²) < 4.78 is 21.6. The fraction of sp³-hybridized carbons (Fsp3) is 0.500. The van der Waals surface area contributed by atoms with Crippen molar-refractivity contribution in [1.82, 2.24) is 10.2 Å². The Morgan fingerprint density at radius 3 is 2.73 bits per heavy atom. The molecule has 1 rings (SSSR count). The van der Waals surface area contributed by atoms with E-state index in [9.17, 15) is 13.2 Å². The van der Waals surface area contributed by atoms with Gasteiger partial charge in [-0.15, -0.1) is 0 Å². The second-order valence-electron chi connectivity index (χ2n) is 3.36. The summed E-state index contributed by atoms with van der Waals surface area (Å²) in [6.45, 7) is 1.80. The second-order valence-corrected chi connectivity index (χ2v) is 5.62. The van der Waals surface area contributed by atoms with Crippen molar-refractivity contribution in [2.75, 3.05) is 17.3 Å². The zero-order valence-electron chi connectivity index (χ0n) is 8.57. The first-order valence-electron chi connectivity index (χ1n) is 4.36. The van der Waals surface area contributed by atoms with Gasteiger partial charge in [0.25, 0.3) is 0 Å². The van der Waals surface area contributed by atoms with E-state index in [1.807, 2.05) is 0 Å². The van der Waals surface area contributed by atoms with E-state index >= 15 is 0 Å². The highest BCUT2D eigenvalue weighted by Gasteiger charge is 2.09. The first-order chi connectivity index (χ1) is 6.87. The molecular weight excluding hydrogens is 218 g/mol. The van der Waals surface area contributed by atoms with Crippen molar-refractivity contribution < 1.29 is 13.2 Å². The first kappa shape index (κ1) is 11.7. The van der Waals surface area contributed by atoms with Gasteiger partial charge < -0.3 is 5.32 Å². The standard InChI is InChI=1S/C8H13N3O3S/c1-6-5-7(11-10-6)9-8(12)3-4-15(2,13)14/h5H,3-4H2,1-2H3,(H2,9,10,11,12). The van der Waals surface area contributed by atoms with Crippen molar-refractivity contribution in [3.63, 3.8) is 0 Å². The van der Waals surface area contributed by atoms with Crippen LogP contribution in [0.15, 0.2) is 6.07 Å². The lowest BCUT2D eigenvalue weighted by atomic mass is 10.4. The van der Waals surface area contributed by atoms with E-state index in [4.69, 9.17) is 0 Å². The number of hydrogen-bond acceptors (Lipinski definition) is 4. The van der Waals surface area contributed by atoms with Gasteiger partial charge in [-0.2, -0.15) is 5.10 Å². The molecule has 2 N–H and O–H groups in total. The van der Waals surface area contributed by atoms with Crippen LogP contribution in [-0.4, -0.2) is 36.5 Å². The van der Waals surface area contributed by atoms with Crippen molar-refractivity contribution >= 4 is 21.6 Å². The van der Waals surface area contributed by atoms with Gasteiger partial charge in [-0.3, -0.25) is 9.89 Å². The number of aromatic amines is 1. The number of aromatic nitrogens is 2. The first-order valence-corrected chi connectivity index (χ1v) is 6.42. The zero-order chi connectivity index (χ0) is 11.5. The molecule has 7 heteroatoms. The van der Waals surface area contributed by atoms with Gasteiger partial charge in [0.15, 0.2) is 5.82 Å². The van der Waals surface area contributed by atoms with Crippen molar-refractivity contribution in [2.45, 2.75) is 13.3 Å². The van der Waals surface area contributed by atoms with Crippen LogP contribution >= 0.6 is 0 Å². The van der Waals surface area contributed by atoms with Crippen LogP contribution in [0, 0.1) is 6.92 Å². The highest BCUT2D eigenvalue weighted by Crippen LogP contribution is 2.04. The minimum atomic E-state index is -3.10. The van der Waals surface area contributed by atoms with Crippen LogP contribution in [-0.2, 0) is 14.6 Å². The van der Waals surface area contributed by atoms with Gasteiger partial charge in [0.2, 0.25) is 5.91 Å². The molecule has 0 saturated carbocycles. The van der Waals surface area contributed by atoms with E-state index in [1.165, 1.54) is 0 Å². The van der Waals surface area contributed by atoms with Crippen molar-refractivity contribution in [1.29, 1.82) is 0 Å². The van der Waals surface area contributed by atoms with Gasteiger partial charge in [-0.1, -0.05) is 0 Å². The van der Waals surface area contributed by atoms with E-state index < -0.39 is 9.84 Å². The highest BCUT2D eigenvalue weighted by atomic mass is 32.2. The molecule has 0 aliphatic heterocycles. The Bertz CT molecular complexity index is 449. The Hall–Kier alpha value is -1.37. The predicted octanol–water partition coefficient (Wildman–Crippen LogP) is 0.0913. The Morgan fingerprint density at radius 1 is 1.60 bits per heavy atom. The number of aryl methyl sites for hydroxylation is 1. The molecule has 0 spiro atoms. The lowest BCUT2D eigenvalue weighted by molar-refractivity contribution is -0.115.